The molecule has 2 amide bonds. The quantitative estimate of drug-likeness (QED) is 0.908. The third-order valence-electron chi connectivity index (χ3n) is 3.73. The summed E-state index contributed by atoms with van der Waals surface area (Å²) in [6.07, 6.45) is 0. The van der Waals surface area contributed by atoms with E-state index in [1.54, 1.807) is 35.2 Å². The fraction of sp³-hybridized carbons (Fsp3) is 0.263. The van der Waals surface area contributed by atoms with Crippen LogP contribution in [0.3, 0.4) is 0 Å². The Morgan fingerprint density at radius 1 is 1.17 bits per heavy atom. The first-order valence-electron chi connectivity index (χ1n) is 7.82. The average molecular weight is 328 g/mol. The molecular weight excluding hydrogens is 307 g/mol. The molecule has 0 radical (unpaired) electrons. The van der Waals surface area contributed by atoms with Crippen LogP contribution < -0.4 is 5.32 Å². The molecule has 0 aliphatic carbocycles. The number of carbonyl (C=O) groups is 2. The van der Waals surface area contributed by atoms with E-state index in [0.717, 1.165) is 11.1 Å². The molecule has 126 valence electrons. The summed E-state index contributed by atoms with van der Waals surface area (Å²) in [6.45, 7) is 6.00. The third-order valence-corrected chi connectivity index (χ3v) is 3.73. The number of halogens is 1. The number of nitrogens with one attached hydrogen (secondary N) is 1. The van der Waals surface area contributed by atoms with Crippen molar-refractivity contribution < 1.29 is 14.0 Å². The number of hydrogen-bond acceptors (Lipinski definition) is 2. The molecule has 0 aromatic heterocycles. The van der Waals surface area contributed by atoms with Gasteiger partial charge in [0.25, 0.3) is 5.91 Å². The minimum Gasteiger partial charge on any atom is -0.335 e. The highest BCUT2D eigenvalue weighted by atomic mass is 19.1. The van der Waals surface area contributed by atoms with E-state index in [0.29, 0.717) is 24.3 Å². The topological polar surface area (TPSA) is 49.4 Å². The van der Waals surface area contributed by atoms with Crippen LogP contribution in [0.25, 0.3) is 0 Å². The monoisotopic (exact) mass is 328 g/mol. The Labute approximate surface area is 141 Å². The van der Waals surface area contributed by atoms with Crippen molar-refractivity contribution in [3.8, 4) is 0 Å². The summed E-state index contributed by atoms with van der Waals surface area (Å²) >= 11 is 0. The number of anilines is 1. The van der Waals surface area contributed by atoms with Crippen LogP contribution in [0, 0.1) is 12.7 Å². The summed E-state index contributed by atoms with van der Waals surface area (Å²) < 4.78 is 13.3. The predicted octanol–water partition coefficient (Wildman–Crippen LogP) is 3.75. The second-order valence-electron chi connectivity index (χ2n) is 5.66. The van der Waals surface area contributed by atoms with Crippen LogP contribution in [0.15, 0.2) is 42.5 Å². The molecule has 2 rings (SSSR count). The van der Waals surface area contributed by atoms with Gasteiger partial charge in [-0.15, -0.1) is 0 Å². The highest BCUT2D eigenvalue weighted by molar-refractivity contribution is 5.97. The smallest absolute Gasteiger partial charge is 0.254 e. The van der Waals surface area contributed by atoms with Gasteiger partial charge in [0, 0.05) is 31.3 Å². The summed E-state index contributed by atoms with van der Waals surface area (Å²) in [7, 11) is 0. The standard InChI is InChI=1S/C19H21FN2O2/c1-4-22(12-15-6-5-7-17(20)10-15)19(24)16-9-8-13(2)18(11-16)21-14(3)23/h5-11H,4,12H2,1-3H3,(H,21,23). The van der Waals surface area contributed by atoms with Crippen molar-refractivity contribution in [2.45, 2.75) is 27.3 Å². The van der Waals surface area contributed by atoms with E-state index in [2.05, 4.69) is 5.32 Å². The van der Waals surface area contributed by atoms with Gasteiger partial charge < -0.3 is 10.2 Å². The highest BCUT2D eigenvalue weighted by Gasteiger charge is 2.16. The maximum atomic E-state index is 13.3. The van der Waals surface area contributed by atoms with E-state index in [1.807, 2.05) is 13.8 Å². The fourth-order valence-electron chi connectivity index (χ4n) is 2.44. The third kappa shape index (κ3) is 4.41. The molecule has 0 spiro atoms. The van der Waals surface area contributed by atoms with Gasteiger partial charge in [0.15, 0.2) is 0 Å². The Morgan fingerprint density at radius 3 is 2.54 bits per heavy atom. The van der Waals surface area contributed by atoms with Crippen LogP contribution in [0.2, 0.25) is 0 Å². The first-order chi connectivity index (χ1) is 11.4. The van der Waals surface area contributed by atoms with Crippen molar-refractivity contribution in [3.05, 3.63) is 65.0 Å². The largest absolute Gasteiger partial charge is 0.335 e. The molecule has 0 fully saturated rings. The zero-order chi connectivity index (χ0) is 17.7. The molecule has 0 saturated heterocycles. The molecule has 0 bridgehead atoms. The SMILES string of the molecule is CCN(Cc1cccc(F)c1)C(=O)c1ccc(C)c(NC(C)=O)c1. The van der Waals surface area contributed by atoms with E-state index in [4.69, 9.17) is 0 Å². The highest BCUT2D eigenvalue weighted by Crippen LogP contribution is 2.19. The number of hydrogen-bond donors (Lipinski definition) is 1. The van der Waals surface area contributed by atoms with Gasteiger partial charge in [0.1, 0.15) is 5.82 Å². The molecular formula is C19H21FN2O2. The minimum atomic E-state index is -0.320. The van der Waals surface area contributed by atoms with Crippen LogP contribution in [0.4, 0.5) is 10.1 Å². The lowest BCUT2D eigenvalue weighted by Crippen LogP contribution is -2.30. The lowest BCUT2D eigenvalue weighted by molar-refractivity contribution is -0.114. The lowest BCUT2D eigenvalue weighted by Gasteiger charge is -2.22. The normalized spacial score (nSPS) is 10.3. The molecule has 0 unspecified atom stereocenters. The van der Waals surface area contributed by atoms with E-state index >= 15 is 0 Å². The molecule has 2 aromatic rings. The number of nitrogens with zero attached hydrogens (tertiary/aromatic N) is 1. The molecule has 5 heteroatoms. The van der Waals surface area contributed by atoms with Crippen LogP contribution in [-0.2, 0) is 11.3 Å². The number of rotatable bonds is 5. The molecule has 0 aliphatic rings. The van der Waals surface area contributed by atoms with Crippen LogP contribution in [0.5, 0.6) is 0 Å². The van der Waals surface area contributed by atoms with Gasteiger partial charge in [-0.25, -0.2) is 4.39 Å². The molecule has 0 heterocycles. The predicted molar refractivity (Wildman–Crippen MR) is 92.3 cm³/mol. The van der Waals surface area contributed by atoms with Crippen molar-refractivity contribution in [3.63, 3.8) is 0 Å². The molecule has 24 heavy (non-hydrogen) atoms. The van der Waals surface area contributed by atoms with Crippen LogP contribution in [-0.4, -0.2) is 23.3 Å². The van der Waals surface area contributed by atoms with Gasteiger partial charge in [0.05, 0.1) is 0 Å². The molecule has 4 nitrogen and oxygen atoms in total. The Hall–Kier alpha value is -2.69. The average Bonchev–Trinajstić information content (AvgIpc) is 2.53. The first-order valence-corrected chi connectivity index (χ1v) is 7.82. The Bertz CT molecular complexity index is 759. The number of carbonyl (C=O) groups excluding carboxylic acids is 2. The summed E-state index contributed by atoms with van der Waals surface area (Å²) in [5, 5.41) is 2.72. The van der Waals surface area contributed by atoms with Gasteiger partial charge in [-0.2, -0.15) is 0 Å². The molecule has 0 saturated carbocycles. The lowest BCUT2D eigenvalue weighted by atomic mass is 10.1. The van der Waals surface area contributed by atoms with Gasteiger partial charge in [0.2, 0.25) is 5.91 Å². The summed E-state index contributed by atoms with van der Waals surface area (Å²) in [6, 6.07) is 11.4. The number of amides is 2. The Kier molecular flexibility index (Phi) is 5.68. The van der Waals surface area contributed by atoms with Crippen molar-refractivity contribution >= 4 is 17.5 Å². The Morgan fingerprint density at radius 2 is 1.92 bits per heavy atom. The van der Waals surface area contributed by atoms with Gasteiger partial charge >= 0.3 is 0 Å². The van der Waals surface area contributed by atoms with Crippen molar-refractivity contribution in [1.82, 2.24) is 4.90 Å². The van der Waals surface area contributed by atoms with Crippen molar-refractivity contribution in [2.24, 2.45) is 0 Å². The minimum absolute atomic E-state index is 0.159. The first kappa shape index (κ1) is 17.7. The van der Waals surface area contributed by atoms with Crippen molar-refractivity contribution in [2.75, 3.05) is 11.9 Å². The Balaban J connectivity index is 2.23. The van der Waals surface area contributed by atoms with Crippen LogP contribution >= 0.6 is 0 Å². The van der Waals surface area contributed by atoms with Crippen molar-refractivity contribution in [1.29, 1.82) is 0 Å². The molecule has 0 atom stereocenters. The maximum Gasteiger partial charge on any atom is 0.254 e. The van der Waals surface area contributed by atoms with E-state index < -0.39 is 0 Å². The van der Waals surface area contributed by atoms with E-state index in [-0.39, 0.29) is 17.6 Å². The second-order valence-corrected chi connectivity index (χ2v) is 5.66. The zero-order valence-electron chi connectivity index (χ0n) is 14.1. The molecule has 2 aromatic carbocycles. The zero-order valence-corrected chi connectivity index (χ0v) is 14.1. The van der Waals surface area contributed by atoms with Gasteiger partial charge in [-0.05, 0) is 49.2 Å². The van der Waals surface area contributed by atoms with Gasteiger partial charge in [-0.1, -0.05) is 18.2 Å². The van der Waals surface area contributed by atoms with Crippen LogP contribution in [0.1, 0.15) is 35.3 Å². The van der Waals surface area contributed by atoms with E-state index in [9.17, 15) is 14.0 Å². The molecule has 0 aliphatic heterocycles. The fourth-order valence-corrected chi connectivity index (χ4v) is 2.44. The summed E-state index contributed by atoms with van der Waals surface area (Å²) in [5.74, 6) is -0.664. The second kappa shape index (κ2) is 7.73. The summed E-state index contributed by atoms with van der Waals surface area (Å²) in [4.78, 5) is 25.6. The summed E-state index contributed by atoms with van der Waals surface area (Å²) in [5.41, 5.74) is 2.73. The maximum absolute atomic E-state index is 13.3. The van der Waals surface area contributed by atoms with Gasteiger partial charge in [-0.3, -0.25) is 9.59 Å². The number of benzene rings is 2. The number of aryl methyl sites for hydroxylation is 1. The van der Waals surface area contributed by atoms with E-state index in [1.165, 1.54) is 19.1 Å². The molecule has 1 N–H and O–H groups in total.